The Morgan fingerprint density at radius 2 is 1.25 bits per heavy atom. The minimum Gasteiger partial charge on any atom is -0.393 e. The topological polar surface area (TPSA) is 61.7 Å². The molecule has 0 spiro atoms. The van der Waals surface area contributed by atoms with E-state index in [1.807, 2.05) is 0 Å². The van der Waals surface area contributed by atoms with Crippen molar-refractivity contribution in [3.8, 4) is 0 Å². The van der Waals surface area contributed by atoms with E-state index >= 15 is 0 Å². The van der Waals surface area contributed by atoms with Crippen LogP contribution in [0.4, 0.5) is 0 Å². The molecule has 4 heteroatoms. The number of nitrogens with one attached hydrogen (secondary N) is 1. The van der Waals surface area contributed by atoms with Gasteiger partial charge in [0.25, 0.3) is 0 Å². The Morgan fingerprint density at radius 3 is 1.79 bits per heavy atom. The van der Waals surface area contributed by atoms with Crippen molar-refractivity contribution in [3.63, 3.8) is 0 Å². The number of rotatable bonds is 20. The summed E-state index contributed by atoms with van der Waals surface area (Å²) in [5.41, 5.74) is 0. The van der Waals surface area contributed by atoms with Crippen molar-refractivity contribution in [1.82, 2.24) is 5.32 Å². The second-order valence-corrected chi connectivity index (χ2v) is 7.08. The van der Waals surface area contributed by atoms with Crippen molar-refractivity contribution in [3.05, 3.63) is 4.91 Å². The molecule has 0 saturated carbocycles. The first-order chi connectivity index (χ1) is 11.8. The molecule has 1 atom stereocenters. The number of unbranched alkanes of at least 4 members (excludes halogenated alkanes) is 11. The molecule has 0 amide bonds. The van der Waals surface area contributed by atoms with Gasteiger partial charge in [-0.25, -0.2) is 0 Å². The Balaban J connectivity index is 3.12. The summed E-state index contributed by atoms with van der Waals surface area (Å²) in [6.45, 7) is 4.33. The molecule has 0 aliphatic heterocycles. The average molecular weight is 343 g/mol. The highest BCUT2D eigenvalue weighted by Crippen LogP contribution is 2.14. The number of hydrogen-bond acceptors (Lipinski definition) is 4. The van der Waals surface area contributed by atoms with Gasteiger partial charge in [-0.2, -0.15) is 4.91 Å². The van der Waals surface area contributed by atoms with Crippen LogP contribution in [0.3, 0.4) is 0 Å². The molecule has 0 aliphatic carbocycles. The summed E-state index contributed by atoms with van der Waals surface area (Å²) < 4.78 is 0. The van der Waals surface area contributed by atoms with Crippen LogP contribution in [0.25, 0.3) is 0 Å². The van der Waals surface area contributed by atoms with Crippen LogP contribution < -0.4 is 5.32 Å². The Hall–Kier alpha value is -0.480. The van der Waals surface area contributed by atoms with Crippen molar-refractivity contribution >= 4 is 0 Å². The second kappa shape index (κ2) is 20.6. The molecule has 0 bridgehead atoms. The molecule has 0 aliphatic rings. The first-order valence-electron chi connectivity index (χ1n) is 10.5. The maximum absolute atomic E-state index is 10.00. The third kappa shape index (κ3) is 19.6. The van der Waals surface area contributed by atoms with Gasteiger partial charge >= 0.3 is 0 Å². The predicted molar refractivity (Wildman–Crippen MR) is 104 cm³/mol. The van der Waals surface area contributed by atoms with Crippen LogP contribution >= 0.6 is 0 Å². The number of aliphatic hydroxyl groups is 1. The van der Waals surface area contributed by atoms with E-state index in [1.165, 1.54) is 83.5 Å². The quantitative estimate of drug-likeness (QED) is 0.224. The maximum Gasteiger partial charge on any atom is 0.0935 e. The summed E-state index contributed by atoms with van der Waals surface area (Å²) in [4.78, 5) is 9.90. The lowest BCUT2D eigenvalue weighted by Gasteiger charge is -2.10. The molecule has 0 saturated heterocycles. The van der Waals surface area contributed by atoms with Crippen molar-refractivity contribution in [2.24, 2.45) is 5.18 Å². The average Bonchev–Trinajstić information content (AvgIpc) is 2.59. The molecule has 24 heavy (non-hydrogen) atoms. The highest BCUT2D eigenvalue weighted by Gasteiger charge is 2.03. The molecule has 0 aromatic heterocycles. The first kappa shape index (κ1) is 23.5. The summed E-state index contributed by atoms with van der Waals surface area (Å²) >= 11 is 0. The Morgan fingerprint density at radius 1 is 0.750 bits per heavy atom. The molecule has 0 fully saturated rings. The fourth-order valence-corrected chi connectivity index (χ4v) is 3.07. The van der Waals surface area contributed by atoms with Crippen molar-refractivity contribution in [2.45, 2.75) is 109 Å². The highest BCUT2D eigenvalue weighted by molar-refractivity contribution is 4.58. The SMILES string of the molecule is CCCCCCCCCC(O)CCCCCCCCNCCN=O. The number of hydrogen-bond donors (Lipinski definition) is 2. The molecule has 0 aromatic rings. The zero-order valence-corrected chi connectivity index (χ0v) is 16.1. The molecule has 0 rings (SSSR count). The summed E-state index contributed by atoms with van der Waals surface area (Å²) in [5.74, 6) is 0. The maximum atomic E-state index is 10.00. The van der Waals surface area contributed by atoms with Crippen LogP contribution in [-0.4, -0.2) is 30.8 Å². The van der Waals surface area contributed by atoms with Crippen LogP contribution in [0.2, 0.25) is 0 Å². The smallest absolute Gasteiger partial charge is 0.0935 e. The number of nitroso groups, excluding NO2 is 1. The third-order valence-electron chi connectivity index (χ3n) is 4.66. The molecule has 4 nitrogen and oxygen atoms in total. The highest BCUT2D eigenvalue weighted by atomic mass is 16.3. The van der Waals surface area contributed by atoms with E-state index in [0.29, 0.717) is 13.1 Å². The Kier molecular flexibility index (Phi) is 20.2. The van der Waals surface area contributed by atoms with Gasteiger partial charge in [-0.1, -0.05) is 89.2 Å². The molecular weight excluding hydrogens is 300 g/mol. The van der Waals surface area contributed by atoms with Gasteiger partial charge < -0.3 is 10.4 Å². The fraction of sp³-hybridized carbons (Fsp3) is 1.00. The molecule has 0 heterocycles. The van der Waals surface area contributed by atoms with Crippen molar-refractivity contribution < 1.29 is 5.11 Å². The normalized spacial score (nSPS) is 12.4. The number of nitrogens with zero attached hydrogens (tertiary/aromatic N) is 1. The van der Waals surface area contributed by atoms with E-state index in [2.05, 4.69) is 17.4 Å². The number of aliphatic hydroxyl groups excluding tert-OH is 1. The minimum absolute atomic E-state index is 0.0729. The van der Waals surface area contributed by atoms with E-state index in [9.17, 15) is 10.0 Å². The van der Waals surface area contributed by atoms with E-state index < -0.39 is 0 Å². The van der Waals surface area contributed by atoms with Gasteiger partial charge in [0, 0.05) is 6.54 Å². The summed E-state index contributed by atoms with van der Waals surface area (Å²) in [5, 5.41) is 16.0. The monoisotopic (exact) mass is 342 g/mol. The van der Waals surface area contributed by atoms with Crippen LogP contribution in [0.5, 0.6) is 0 Å². The van der Waals surface area contributed by atoms with Gasteiger partial charge in [-0.15, -0.1) is 0 Å². The van der Waals surface area contributed by atoms with Gasteiger partial charge in [0.2, 0.25) is 0 Å². The lowest BCUT2D eigenvalue weighted by atomic mass is 10.0. The van der Waals surface area contributed by atoms with Crippen LogP contribution in [0, 0.1) is 4.91 Å². The molecular formula is C20H42N2O2. The Labute approximate surface area is 150 Å². The van der Waals surface area contributed by atoms with E-state index in [-0.39, 0.29) is 6.10 Å². The molecule has 1 unspecified atom stereocenters. The third-order valence-corrected chi connectivity index (χ3v) is 4.66. The van der Waals surface area contributed by atoms with Gasteiger partial charge in [0.05, 0.1) is 12.6 Å². The van der Waals surface area contributed by atoms with Crippen LogP contribution in [0.15, 0.2) is 5.18 Å². The zero-order valence-electron chi connectivity index (χ0n) is 16.1. The Bertz CT molecular complexity index is 250. The largest absolute Gasteiger partial charge is 0.393 e. The lowest BCUT2D eigenvalue weighted by Crippen LogP contribution is -2.18. The predicted octanol–water partition coefficient (Wildman–Crippen LogP) is 5.57. The van der Waals surface area contributed by atoms with Gasteiger partial charge in [-0.3, -0.25) is 0 Å². The molecule has 0 radical (unpaired) electrons. The fourth-order valence-electron chi connectivity index (χ4n) is 3.07. The van der Waals surface area contributed by atoms with E-state index in [1.54, 1.807) is 0 Å². The van der Waals surface area contributed by atoms with Crippen LogP contribution in [-0.2, 0) is 0 Å². The standard InChI is InChI=1S/C20H42N2O2/c1-2-3-4-5-6-9-12-15-20(23)16-13-10-7-8-11-14-17-21-18-19-22-24/h20-21,23H,2-19H2,1H3. The van der Waals surface area contributed by atoms with Gasteiger partial charge in [-0.05, 0) is 25.8 Å². The van der Waals surface area contributed by atoms with Crippen molar-refractivity contribution in [1.29, 1.82) is 0 Å². The van der Waals surface area contributed by atoms with E-state index in [0.717, 1.165) is 19.4 Å². The van der Waals surface area contributed by atoms with Gasteiger partial charge in [0.1, 0.15) is 0 Å². The first-order valence-corrected chi connectivity index (χ1v) is 10.5. The van der Waals surface area contributed by atoms with Crippen molar-refractivity contribution in [2.75, 3.05) is 19.6 Å². The van der Waals surface area contributed by atoms with Gasteiger partial charge in [0.15, 0.2) is 0 Å². The summed E-state index contributed by atoms with van der Waals surface area (Å²) in [6.07, 6.45) is 18.6. The molecule has 2 N–H and O–H groups in total. The molecule has 144 valence electrons. The minimum atomic E-state index is -0.0729. The zero-order chi connectivity index (χ0) is 17.7. The lowest BCUT2D eigenvalue weighted by molar-refractivity contribution is 0.147. The summed E-state index contributed by atoms with van der Waals surface area (Å²) in [7, 11) is 0. The van der Waals surface area contributed by atoms with Crippen LogP contribution in [0.1, 0.15) is 103 Å². The second-order valence-electron chi connectivity index (χ2n) is 7.08. The molecule has 0 aromatic carbocycles. The van der Waals surface area contributed by atoms with E-state index in [4.69, 9.17) is 0 Å². The summed E-state index contributed by atoms with van der Waals surface area (Å²) in [6, 6.07) is 0.